The summed E-state index contributed by atoms with van der Waals surface area (Å²) in [5.74, 6) is 6.87. The van der Waals surface area contributed by atoms with Crippen molar-refractivity contribution in [1.82, 2.24) is 9.88 Å². The van der Waals surface area contributed by atoms with E-state index in [2.05, 4.69) is 22.0 Å². The Balaban J connectivity index is 1.27. The smallest absolute Gasteiger partial charge is 0.125 e. The van der Waals surface area contributed by atoms with Gasteiger partial charge < -0.3 is 5.11 Å². The van der Waals surface area contributed by atoms with Crippen molar-refractivity contribution in [2.75, 3.05) is 6.54 Å². The zero-order valence-electron chi connectivity index (χ0n) is 12.0. The van der Waals surface area contributed by atoms with Crippen molar-refractivity contribution in [2.24, 2.45) is 47.3 Å². The van der Waals surface area contributed by atoms with Gasteiger partial charge in [0.15, 0.2) is 0 Å². The predicted molar refractivity (Wildman–Crippen MR) is 75.9 cm³/mol. The first-order chi connectivity index (χ1) is 10.3. The van der Waals surface area contributed by atoms with Gasteiger partial charge in [-0.2, -0.15) is 0 Å². The van der Waals surface area contributed by atoms with Crippen molar-refractivity contribution >= 4 is 0 Å². The highest BCUT2D eigenvalue weighted by molar-refractivity contribution is 5.40. The standard InChI is InChI=1S/C18H20N2O/c21-18-15-10-7-9-11-12(10)16(18)14(11)17(13(9)15)20(18)6-3-8-1-4-19-5-2-8/h1-2,4-5,9-17,21H,3,6-7H2. The molecule has 2 aliphatic heterocycles. The highest BCUT2D eigenvalue weighted by atomic mass is 16.3. The molecule has 5 saturated carbocycles. The van der Waals surface area contributed by atoms with Gasteiger partial charge in [0.25, 0.3) is 0 Å². The van der Waals surface area contributed by atoms with Gasteiger partial charge in [0.1, 0.15) is 5.72 Å². The quantitative estimate of drug-likeness (QED) is 0.909. The summed E-state index contributed by atoms with van der Waals surface area (Å²) in [6.45, 7) is 1.05. The minimum absolute atomic E-state index is 0.399. The average molecular weight is 280 g/mol. The van der Waals surface area contributed by atoms with Crippen LogP contribution in [0.5, 0.6) is 0 Å². The molecule has 108 valence electrons. The summed E-state index contributed by atoms with van der Waals surface area (Å²) in [4.78, 5) is 6.68. The average Bonchev–Trinajstić information content (AvgIpc) is 3.10. The van der Waals surface area contributed by atoms with Crippen LogP contribution < -0.4 is 0 Å². The summed E-state index contributed by atoms with van der Waals surface area (Å²) < 4.78 is 0. The van der Waals surface area contributed by atoms with Gasteiger partial charge in [0.2, 0.25) is 0 Å². The summed E-state index contributed by atoms with van der Waals surface area (Å²) >= 11 is 0. The first-order valence-corrected chi connectivity index (χ1v) is 8.70. The molecule has 7 fully saturated rings. The molecule has 10 atom stereocenters. The van der Waals surface area contributed by atoms with E-state index in [0.717, 1.165) is 54.5 Å². The molecule has 1 aromatic rings. The molecule has 0 spiro atoms. The minimum atomic E-state index is -0.399. The third-order valence-electron chi connectivity index (χ3n) is 8.60. The Labute approximate surface area is 124 Å². The molecular weight excluding hydrogens is 260 g/mol. The zero-order valence-corrected chi connectivity index (χ0v) is 12.0. The van der Waals surface area contributed by atoms with E-state index in [1.807, 2.05) is 12.4 Å². The Hall–Kier alpha value is -0.930. The van der Waals surface area contributed by atoms with Crippen LogP contribution in [0.25, 0.3) is 0 Å². The largest absolute Gasteiger partial charge is 0.375 e. The van der Waals surface area contributed by atoms with Gasteiger partial charge in [-0.05, 0) is 66.0 Å². The van der Waals surface area contributed by atoms with Crippen LogP contribution in [0.15, 0.2) is 24.5 Å². The molecule has 0 aromatic carbocycles. The van der Waals surface area contributed by atoms with E-state index >= 15 is 0 Å². The van der Waals surface area contributed by atoms with E-state index in [1.165, 1.54) is 12.0 Å². The fraction of sp³-hybridized carbons (Fsp3) is 0.722. The van der Waals surface area contributed by atoms with E-state index in [1.54, 1.807) is 0 Å². The maximum absolute atomic E-state index is 11.6. The topological polar surface area (TPSA) is 36.4 Å². The van der Waals surface area contributed by atoms with Gasteiger partial charge in [-0.1, -0.05) is 0 Å². The molecule has 3 heterocycles. The van der Waals surface area contributed by atoms with Crippen LogP contribution in [-0.2, 0) is 6.42 Å². The number of rotatable bonds is 3. The summed E-state index contributed by atoms with van der Waals surface area (Å²) in [7, 11) is 0. The monoisotopic (exact) mass is 280 g/mol. The zero-order chi connectivity index (χ0) is 13.5. The van der Waals surface area contributed by atoms with Crippen molar-refractivity contribution in [3.8, 4) is 0 Å². The molecule has 8 rings (SSSR count). The lowest BCUT2D eigenvalue weighted by Gasteiger charge is -2.45. The number of nitrogens with zero attached hydrogens (tertiary/aromatic N) is 2. The van der Waals surface area contributed by atoms with E-state index in [9.17, 15) is 5.11 Å². The van der Waals surface area contributed by atoms with Gasteiger partial charge in [-0.15, -0.1) is 0 Å². The molecule has 0 radical (unpaired) electrons. The van der Waals surface area contributed by atoms with Crippen molar-refractivity contribution in [2.45, 2.75) is 24.6 Å². The van der Waals surface area contributed by atoms with Gasteiger partial charge in [-0.3, -0.25) is 9.88 Å². The Morgan fingerprint density at radius 1 is 1.10 bits per heavy atom. The fourth-order valence-corrected chi connectivity index (χ4v) is 8.66. The van der Waals surface area contributed by atoms with Crippen LogP contribution in [0.2, 0.25) is 0 Å². The van der Waals surface area contributed by atoms with Crippen LogP contribution in [0.3, 0.4) is 0 Å². The highest BCUT2D eigenvalue weighted by Crippen LogP contribution is 2.90. The van der Waals surface area contributed by atoms with Crippen LogP contribution in [0.1, 0.15) is 12.0 Å². The number of hydrogen-bond donors (Lipinski definition) is 1. The van der Waals surface area contributed by atoms with Gasteiger partial charge in [0.05, 0.1) is 0 Å². The van der Waals surface area contributed by atoms with E-state index in [-0.39, 0.29) is 0 Å². The van der Waals surface area contributed by atoms with Gasteiger partial charge in [-0.25, -0.2) is 0 Å². The predicted octanol–water partition coefficient (Wildman–Crippen LogP) is 1.38. The third kappa shape index (κ3) is 0.825. The molecule has 5 aliphatic carbocycles. The molecule has 1 N–H and O–H groups in total. The SMILES string of the molecule is OC12C3C4CC5C6C4C1C6C(C53)N2CCc1ccncc1. The van der Waals surface area contributed by atoms with Crippen molar-refractivity contribution < 1.29 is 5.11 Å². The van der Waals surface area contributed by atoms with Gasteiger partial charge >= 0.3 is 0 Å². The molecule has 0 amide bonds. The number of aromatic nitrogens is 1. The molecule has 1 aromatic heterocycles. The molecule has 21 heavy (non-hydrogen) atoms. The molecule has 3 heteroatoms. The van der Waals surface area contributed by atoms with Crippen molar-refractivity contribution in [3.63, 3.8) is 0 Å². The second kappa shape index (κ2) is 2.93. The Kier molecular flexibility index (Phi) is 1.50. The lowest BCUT2D eigenvalue weighted by molar-refractivity contribution is -0.130. The highest BCUT2D eigenvalue weighted by Gasteiger charge is 2.93. The van der Waals surface area contributed by atoms with Crippen molar-refractivity contribution in [1.29, 1.82) is 0 Å². The molecule has 7 aliphatic rings. The molecule has 2 saturated heterocycles. The summed E-state index contributed by atoms with van der Waals surface area (Å²) in [5, 5.41) is 11.6. The molecule has 4 bridgehead atoms. The summed E-state index contributed by atoms with van der Waals surface area (Å²) in [6.07, 6.45) is 6.30. The molecular formula is C18H20N2O. The van der Waals surface area contributed by atoms with Crippen molar-refractivity contribution in [3.05, 3.63) is 30.1 Å². The number of aliphatic hydroxyl groups is 1. The second-order valence-corrected chi connectivity index (χ2v) is 8.50. The van der Waals surface area contributed by atoms with E-state index < -0.39 is 5.72 Å². The normalized spacial score (nSPS) is 63.2. The van der Waals surface area contributed by atoms with Crippen LogP contribution in [-0.4, -0.2) is 33.3 Å². The molecule has 10 unspecified atom stereocenters. The Morgan fingerprint density at radius 2 is 1.95 bits per heavy atom. The second-order valence-electron chi connectivity index (χ2n) is 8.50. The maximum atomic E-state index is 11.6. The van der Waals surface area contributed by atoms with Crippen LogP contribution in [0.4, 0.5) is 0 Å². The first-order valence-electron chi connectivity index (χ1n) is 8.70. The van der Waals surface area contributed by atoms with E-state index in [4.69, 9.17) is 0 Å². The van der Waals surface area contributed by atoms with Gasteiger partial charge in [0, 0.05) is 36.8 Å². The maximum Gasteiger partial charge on any atom is 0.125 e. The van der Waals surface area contributed by atoms with Crippen LogP contribution >= 0.6 is 0 Å². The third-order valence-corrected chi connectivity index (χ3v) is 8.60. The van der Waals surface area contributed by atoms with Crippen LogP contribution in [0, 0.1) is 47.3 Å². The first kappa shape index (κ1) is 10.7. The minimum Gasteiger partial charge on any atom is -0.375 e. The Morgan fingerprint density at radius 3 is 2.81 bits per heavy atom. The number of hydrogen-bond acceptors (Lipinski definition) is 3. The number of pyridine rings is 1. The molecule has 3 nitrogen and oxygen atoms in total. The van der Waals surface area contributed by atoms with E-state index in [0.29, 0.717) is 11.8 Å². The lowest BCUT2D eigenvalue weighted by Crippen LogP contribution is -2.51. The summed E-state index contributed by atoms with van der Waals surface area (Å²) in [5.41, 5.74) is 0.960. The summed E-state index contributed by atoms with van der Waals surface area (Å²) in [6, 6.07) is 4.98. The lowest BCUT2D eigenvalue weighted by atomic mass is 9.59. The fourth-order valence-electron chi connectivity index (χ4n) is 8.66. The Bertz CT molecular complexity index is 662.